The molecule has 4 aromatic rings. The fourth-order valence-corrected chi connectivity index (χ4v) is 6.69. The van der Waals surface area contributed by atoms with E-state index in [0.29, 0.717) is 46.4 Å². The number of carbonyl (C=O) groups is 1. The molecule has 0 radical (unpaired) electrons. The number of hydrogen-bond donors (Lipinski definition) is 6. The molecule has 0 saturated carbocycles. The van der Waals surface area contributed by atoms with Crippen LogP contribution in [0.2, 0.25) is 0 Å². The topological polar surface area (TPSA) is 157 Å². The first-order valence-electron chi connectivity index (χ1n) is 15.7. The highest BCUT2D eigenvalue weighted by Crippen LogP contribution is 2.60. The molecule has 1 unspecified atom stereocenters. The van der Waals surface area contributed by atoms with Gasteiger partial charge in [-0.15, -0.1) is 0 Å². The number of ether oxygens (including phenoxy) is 2. The van der Waals surface area contributed by atoms with Crippen molar-refractivity contribution in [2.75, 3.05) is 0 Å². The van der Waals surface area contributed by atoms with Crippen LogP contribution in [0.3, 0.4) is 0 Å². The minimum absolute atomic E-state index is 0.0229. The molecular formula is C39H38O9. The number of benzene rings is 4. The number of phenolic OH excluding ortho intramolecular Hbond substituents is 6. The zero-order valence-corrected chi connectivity index (χ0v) is 26.9. The SMILES string of the molecule is C=C(C)C(CC=C(C)C)Cc1c2c(c(O)c3c1O[C@@H](c1ccc(O)cc1)[C@H]3c1cc(O)cc(O)c1)C(=O)C[C@@H](c1ccc(O)cc1O)O2. The molecule has 0 amide bonds. The number of allylic oxidation sites excluding steroid dienone is 3. The molecule has 248 valence electrons. The number of fused-ring (bicyclic) bond motifs is 2. The van der Waals surface area contributed by atoms with Crippen LogP contribution in [0, 0.1) is 5.92 Å². The van der Waals surface area contributed by atoms with E-state index >= 15 is 0 Å². The Morgan fingerprint density at radius 3 is 2.12 bits per heavy atom. The second kappa shape index (κ2) is 12.6. The molecule has 0 aliphatic carbocycles. The van der Waals surface area contributed by atoms with Crippen LogP contribution in [0.4, 0.5) is 0 Å². The van der Waals surface area contributed by atoms with E-state index in [1.54, 1.807) is 12.1 Å². The third kappa shape index (κ3) is 5.99. The highest BCUT2D eigenvalue weighted by Gasteiger charge is 2.46. The molecule has 0 saturated heterocycles. The van der Waals surface area contributed by atoms with E-state index in [0.717, 1.165) is 11.1 Å². The van der Waals surface area contributed by atoms with E-state index in [1.165, 1.54) is 48.5 Å². The highest BCUT2D eigenvalue weighted by atomic mass is 16.5. The summed E-state index contributed by atoms with van der Waals surface area (Å²) in [5.41, 5.74) is 4.20. The monoisotopic (exact) mass is 650 g/mol. The van der Waals surface area contributed by atoms with E-state index in [2.05, 4.69) is 12.7 Å². The second-order valence-corrected chi connectivity index (χ2v) is 12.9. The lowest BCUT2D eigenvalue weighted by molar-refractivity contribution is 0.0838. The quantitative estimate of drug-likeness (QED) is 0.104. The van der Waals surface area contributed by atoms with Gasteiger partial charge in [-0.3, -0.25) is 4.79 Å². The average Bonchev–Trinajstić information content (AvgIpc) is 3.41. The maximum atomic E-state index is 14.0. The fraction of sp³-hybridized carbons (Fsp3) is 0.256. The van der Waals surface area contributed by atoms with Gasteiger partial charge >= 0.3 is 0 Å². The van der Waals surface area contributed by atoms with Crippen LogP contribution in [-0.2, 0) is 6.42 Å². The van der Waals surface area contributed by atoms with E-state index in [4.69, 9.17) is 9.47 Å². The van der Waals surface area contributed by atoms with Gasteiger partial charge in [-0.2, -0.15) is 0 Å². The minimum Gasteiger partial charge on any atom is -0.508 e. The first-order valence-corrected chi connectivity index (χ1v) is 15.7. The lowest BCUT2D eigenvalue weighted by Gasteiger charge is -2.31. The molecule has 48 heavy (non-hydrogen) atoms. The Kier molecular flexibility index (Phi) is 8.47. The summed E-state index contributed by atoms with van der Waals surface area (Å²) in [6, 6.07) is 14.6. The number of rotatable bonds is 8. The number of aromatic hydroxyl groups is 6. The van der Waals surface area contributed by atoms with Gasteiger partial charge in [0.2, 0.25) is 0 Å². The third-order valence-electron chi connectivity index (χ3n) is 9.10. The summed E-state index contributed by atoms with van der Waals surface area (Å²) in [4.78, 5) is 14.0. The van der Waals surface area contributed by atoms with Gasteiger partial charge in [-0.25, -0.2) is 0 Å². The smallest absolute Gasteiger partial charge is 0.174 e. The summed E-state index contributed by atoms with van der Waals surface area (Å²) in [6.45, 7) is 10.2. The predicted molar refractivity (Wildman–Crippen MR) is 179 cm³/mol. The number of hydrogen-bond acceptors (Lipinski definition) is 9. The van der Waals surface area contributed by atoms with Crippen molar-refractivity contribution in [3.8, 4) is 46.0 Å². The molecule has 4 aromatic carbocycles. The largest absolute Gasteiger partial charge is 0.508 e. The molecule has 9 nitrogen and oxygen atoms in total. The maximum absolute atomic E-state index is 14.0. The number of carbonyl (C=O) groups excluding carboxylic acids is 1. The number of phenols is 6. The van der Waals surface area contributed by atoms with Crippen molar-refractivity contribution in [3.63, 3.8) is 0 Å². The number of Topliss-reactive ketones (excluding diaryl/α,β-unsaturated/α-hetero) is 1. The molecule has 0 spiro atoms. The summed E-state index contributed by atoms with van der Waals surface area (Å²) < 4.78 is 13.3. The summed E-state index contributed by atoms with van der Waals surface area (Å²) in [7, 11) is 0. The van der Waals surface area contributed by atoms with Gasteiger partial charge in [0.05, 0.1) is 12.3 Å². The third-order valence-corrected chi connectivity index (χ3v) is 9.10. The van der Waals surface area contributed by atoms with E-state index in [-0.39, 0.29) is 58.1 Å². The first-order chi connectivity index (χ1) is 22.8. The van der Waals surface area contributed by atoms with Crippen molar-refractivity contribution in [1.82, 2.24) is 0 Å². The molecule has 0 bridgehead atoms. The van der Waals surface area contributed by atoms with Crippen molar-refractivity contribution < 1.29 is 44.9 Å². The summed E-state index contributed by atoms with van der Waals surface area (Å²) >= 11 is 0. The van der Waals surface area contributed by atoms with Gasteiger partial charge < -0.3 is 40.1 Å². The average molecular weight is 651 g/mol. The van der Waals surface area contributed by atoms with E-state index < -0.39 is 23.9 Å². The van der Waals surface area contributed by atoms with Crippen molar-refractivity contribution in [3.05, 3.63) is 118 Å². The lowest BCUT2D eigenvalue weighted by Crippen LogP contribution is -2.23. The fourth-order valence-electron chi connectivity index (χ4n) is 6.69. The Hall–Kier alpha value is -5.57. The van der Waals surface area contributed by atoms with Crippen LogP contribution >= 0.6 is 0 Å². The molecular weight excluding hydrogens is 612 g/mol. The van der Waals surface area contributed by atoms with Gasteiger partial charge in [0.1, 0.15) is 63.8 Å². The van der Waals surface area contributed by atoms with Crippen molar-refractivity contribution in [2.45, 2.75) is 58.2 Å². The molecule has 2 heterocycles. The highest BCUT2D eigenvalue weighted by molar-refractivity contribution is 6.04. The van der Waals surface area contributed by atoms with E-state index in [9.17, 15) is 35.4 Å². The van der Waals surface area contributed by atoms with Crippen LogP contribution in [0.25, 0.3) is 0 Å². The Morgan fingerprint density at radius 1 is 0.833 bits per heavy atom. The Bertz CT molecular complexity index is 1930. The Balaban J connectivity index is 1.61. The normalized spacial score (nSPS) is 18.6. The van der Waals surface area contributed by atoms with E-state index in [1.807, 2.05) is 20.8 Å². The lowest BCUT2D eigenvalue weighted by atomic mass is 9.80. The van der Waals surface area contributed by atoms with Gasteiger partial charge in [-0.05, 0) is 87.1 Å². The molecule has 6 rings (SSSR count). The molecule has 0 aromatic heterocycles. The standard InChI is InChI=1S/C39H38O9/c1-19(2)5-6-22(20(3)4)15-29-38-34(31(45)18-32(47-38)28-12-11-25(41)17-30(28)44)36(46)35-33(23-13-26(42)16-27(43)14-23)37(48-39(29)35)21-7-9-24(40)10-8-21/h5,7-14,16-17,22,32-33,37,40-44,46H,3,6,15,18H2,1-2,4H3/t22?,32-,33-,37-/m0/s1. The number of ketones is 1. The zero-order valence-electron chi connectivity index (χ0n) is 26.9. The van der Waals surface area contributed by atoms with Gasteiger partial charge in [0.25, 0.3) is 0 Å². The molecule has 0 fully saturated rings. The minimum atomic E-state index is -0.920. The maximum Gasteiger partial charge on any atom is 0.174 e. The van der Waals surface area contributed by atoms with Crippen LogP contribution in [0.15, 0.2) is 84.5 Å². The molecule has 4 atom stereocenters. The van der Waals surface area contributed by atoms with Crippen LogP contribution in [-0.4, -0.2) is 36.4 Å². The van der Waals surface area contributed by atoms with Crippen molar-refractivity contribution >= 4 is 5.78 Å². The molecule has 2 aliphatic rings. The predicted octanol–water partition coefficient (Wildman–Crippen LogP) is 7.98. The Morgan fingerprint density at radius 2 is 1.50 bits per heavy atom. The van der Waals surface area contributed by atoms with Crippen LogP contribution in [0.5, 0.6) is 46.0 Å². The molecule has 9 heteroatoms. The summed E-state index contributed by atoms with van der Waals surface area (Å²) in [5.74, 6) is -1.96. The van der Waals surface area contributed by atoms with Gasteiger partial charge in [0, 0.05) is 28.8 Å². The first kappa shape index (κ1) is 32.4. The second-order valence-electron chi connectivity index (χ2n) is 12.9. The van der Waals surface area contributed by atoms with Gasteiger partial charge in [0.15, 0.2) is 5.78 Å². The van der Waals surface area contributed by atoms with Crippen molar-refractivity contribution in [2.24, 2.45) is 5.92 Å². The van der Waals surface area contributed by atoms with Crippen molar-refractivity contribution in [1.29, 1.82) is 0 Å². The zero-order chi connectivity index (χ0) is 34.4. The van der Waals surface area contributed by atoms with Gasteiger partial charge in [-0.1, -0.05) is 35.9 Å². The summed E-state index contributed by atoms with van der Waals surface area (Å²) in [6.07, 6.45) is 1.15. The van der Waals surface area contributed by atoms with Crippen LogP contribution < -0.4 is 9.47 Å². The summed E-state index contributed by atoms with van der Waals surface area (Å²) in [5, 5.41) is 63.6. The van der Waals surface area contributed by atoms with Crippen LogP contribution in [0.1, 0.15) is 89.9 Å². The Labute approximate surface area is 278 Å². The molecule has 6 N–H and O–H groups in total. The molecule has 2 aliphatic heterocycles.